The van der Waals surface area contributed by atoms with E-state index in [1.54, 1.807) is 0 Å². The molecule has 5 heteroatoms. The molecule has 0 aliphatic rings. The van der Waals surface area contributed by atoms with Crippen LogP contribution in [0.2, 0.25) is 0 Å². The number of amides is 1. The summed E-state index contributed by atoms with van der Waals surface area (Å²) in [4.78, 5) is 10.6. The number of nitrogens with two attached hydrogens (primary N) is 2. The van der Waals surface area contributed by atoms with Crippen molar-refractivity contribution >= 4 is 21.8 Å². The van der Waals surface area contributed by atoms with Crippen molar-refractivity contribution in [2.75, 3.05) is 6.61 Å². The predicted octanol–water partition coefficient (Wildman–Crippen LogP) is 2.89. The molecule has 0 aromatic heterocycles. The van der Waals surface area contributed by atoms with Gasteiger partial charge in [-0.1, -0.05) is 28.4 Å². The molecule has 0 saturated carbocycles. The number of primary amides is 1. The molecule has 4 nitrogen and oxygen atoms in total. The van der Waals surface area contributed by atoms with Crippen molar-refractivity contribution in [2.45, 2.75) is 38.6 Å². The highest BCUT2D eigenvalue weighted by Crippen LogP contribution is 2.29. The van der Waals surface area contributed by atoms with E-state index in [0.717, 1.165) is 35.0 Å². The molecule has 19 heavy (non-hydrogen) atoms. The van der Waals surface area contributed by atoms with Crippen molar-refractivity contribution in [1.29, 1.82) is 0 Å². The molecule has 1 amide bonds. The zero-order valence-electron chi connectivity index (χ0n) is 11.2. The third-order valence-electron chi connectivity index (χ3n) is 2.87. The number of benzene rings is 1. The van der Waals surface area contributed by atoms with Gasteiger partial charge in [-0.05, 0) is 37.5 Å². The number of ether oxygens (including phenoxy) is 1. The molecule has 1 rings (SSSR count). The number of carbonyl (C=O) groups excluding carboxylic acids is 1. The molecule has 106 valence electrons. The Kier molecular flexibility index (Phi) is 6.87. The van der Waals surface area contributed by atoms with Crippen molar-refractivity contribution in [3.8, 4) is 5.75 Å². The van der Waals surface area contributed by atoms with E-state index in [-0.39, 0.29) is 11.9 Å². The van der Waals surface area contributed by atoms with Gasteiger partial charge in [0, 0.05) is 16.9 Å². The minimum absolute atomic E-state index is 0.0436. The Morgan fingerprint density at radius 3 is 2.74 bits per heavy atom. The van der Waals surface area contributed by atoms with Crippen LogP contribution in [-0.4, -0.2) is 12.5 Å². The highest BCUT2D eigenvalue weighted by molar-refractivity contribution is 9.10. The molecule has 1 atom stereocenters. The average Bonchev–Trinajstić information content (AvgIpc) is 2.34. The van der Waals surface area contributed by atoms with Crippen LogP contribution < -0.4 is 16.2 Å². The van der Waals surface area contributed by atoms with Gasteiger partial charge in [0.05, 0.1) is 6.61 Å². The van der Waals surface area contributed by atoms with Gasteiger partial charge < -0.3 is 16.2 Å². The maximum atomic E-state index is 10.6. The lowest BCUT2D eigenvalue weighted by molar-refractivity contribution is -0.118. The van der Waals surface area contributed by atoms with Crippen LogP contribution in [0.15, 0.2) is 22.7 Å². The largest absolute Gasteiger partial charge is 0.494 e. The SMILES string of the molecule is CCOc1ccc(C(N)CCCCC(N)=O)c(Br)c1. The van der Waals surface area contributed by atoms with Gasteiger partial charge in [0.25, 0.3) is 0 Å². The monoisotopic (exact) mass is 328 g/mol. The van der Waals surface area contributed by atoms with E-state index in [4.69, 9.17) is 16.2 Å². The molecule has 4 N–H and O–H groups in total. The van der Waals surface area contributed by atoms with Gasteiger partial charge in [0.15, 0.2) is 0 Å². The number of rotatable bonds is 8. The minimum atomic E-state index is -0.254. The fourth-order valence-electron chi connectivity index (χ4n) is 1.88. The quantitative estimate of drug-likeness (QED) is 0.720. The molecular weight excluding hydrogens is 308 g/mol. The first-order chi connectivity index (χ1) is 9.04. The third-order valence-corrected chi connectivity index (χ3v) is 3.56. The van der Waals surface area contributed by atoms with E-state index < -0.39 is 0 Å². The highest BCUT2D eigenvalue weighted by Gasteiger charge is 2.10. The molecule has 0 heterocycles. The van der Waals surface area contributed by atoms with Crippen LogP contribution in [0.5, 0.6) is 5.75 Å². The first-order valence-electron chi connectivity index (χ1n) is 6.50. The maximum absolute atomic E-state index is 10.6. The molecule has 1 aromatic carbocycles. The number of hydrogen-bond donors (Lipinski definition) is 2. The Bertz CT molecular complexity index is 424. The van der Waals surface area contributed by atoms with E-state index in [1.807, 2.05) is 25.1 Å². The molecule has 1 aromatic rings. The number of carbonyl (C=O) groups is 1. The molecule has 0 aliphatic carbocycles. The third kappa shape index (κ3) is 5.61. The Morgan fingerprint density at radius 2 is 2.16 bits per heavy atom. The van der Waals surface area contributed by atoms with E-state index >= 15 is 0 Å². The molecule has 1 unspecified atom stereocenters. The van der Waals surface area contributed by atoms with Gasteiger partial charge in [0.1, 0.15) is 5.75 Å². The lowest BCUT2D eigenvalue weighted by atomic mass is 10.0. The van der Waals surface area contributed by atoms with Crippen molar-refractivity contribution in [3.63, 3.8) is 0 Å². The van der Waals surface area contributed by atoms with Crippen LogP contribution in [0.4, 0.5) is 0 Å². The normalized spacial score (nSPS) is 12.2. The van der Waals surface area contributed by atoms with Crippen molar-refractivity contribution in [1.82, 2.24) is 0 Å². The fraction of sp³-hybridized carbons (Fsp3) is 0.500. The lowest BCUT2D eigenvalue weighted by Gasteiger charge is -2.15. The molecule has 0 saturated heterocycles. The molecular formula is C14H21BrN2O2. The van der Waals surface area contributed by atoms with Crippen LogP contribution in [-0.2, 0) is 4.79 Å². The smallest absolute Gasteiger partial charge is 0.217 e. The Balaban J connectivity index is 2.52. The number of hydrogen-bond acceptors (Lipinski definition) is 3. The highest BCUT2D eigenvalue weighted by atomic mass is 79.9. The van der Waals surface area contributed by atoms with Gasteiger partial charge in [-0.3, -0.25) is 4.79 Å². The number of halogens is 1. The summed E-state index contributed by atoms with van der Waals surface area (Å²) in [6.07, 6.45) is 2.94. The first-order valence-corrected chi connectivity index (χ1v) is 7.30. The Morgan fingerprint density at radius 1 is 1.42 bits per heavy atom. The summed E-state index contributed by atoms with van der Waals surface area (Å²) < 4.78 is 6.38. The van der Waals surface area contributed by atoms with Gasteiger partial charge in [-0.15, -0.1) is 0 Å². The summed E-state index contributed by atoms with van der Waals surface area (Å²) in [5.74, 6) is 0.579. The molecule has 0 bridgehead atoms. The van der Waals surface area contributed by atoms with Crippen LogP contribution in [0.3, 0.4) is 0 Å². The van der Waals surface area contributed by atoms with Crippen molar-refractivity contribution in [3.05, 3.63) is 28.2 Å². The van der Waals surface area contributed by atoms with E-state index in [1.165, 1.54) is 0 Å². The van der Waals surface area contributed by atoms with Gasteiger partial charge >= 0.3 is 0 Å². The Labute approximate surface area is 122 Å². The van der Waals surface area contributed by atoms with E-state index in [2.05, 4.69) is 15.9 Å². The summed E-state index contributed by atoms with van der Waals surface area (Å²) in [6, 6.07) is 5.79. The summed E-state index contributed by atoms with van der Waals surface area (Å²) in [5, 5.41) is 0. The van der Waals surface area contributed by atoms with Gasteiger partial charge in [0.2, 0.25) is 5.91 Å². The summed E-state index contributed by atoms with van der Waals surface area (Å²) >= 11 is 3.52. The Hall–Kier alpha value is -1.07. The summed E-state index contributed by atoms with van der Waals surface area (Å²) in [6.45, 7) is 2.59. The molecule has 0 spiro atoms. The second-order valence-electron chi connectivity index (χ2n) is 4.43. The standard InChI is InChI=1S/C14H21BrN2O2/c1-2-19-10-7-8-11(12(15)9-10)13(16)5-3-4-6-14(17)18/h7-9,13H,2-6,16H2,1H3,(H2,17,18). The van der Waals surface area contributed by atoms with E-state index in [9.17, 15) is 4.79 Å². The van der Waals surface area contributed by atoms with Gasteiger partial charge in [-0.2, -0.15) is 0 Å². The second-order valence-corrected chi connectivity index (χ2v) is 5.29. The van der Waals surface area contributed by atoms with Crippen LogP contribution >= 0.6 is 15.9 Å². The summed E-state index contributed by atoms with van der Waals surface area (Å²) in [5.41, 5.74) is 12.3. The minimum Gasteiger partial charge on any atom is -0.494 e. The lowest BCUT2D eigenvalue weighted by Crippen LogP contribution is -2.12. The first kappa shape index (κ1) is 16.0. The number of unbranched alkanes of at least 4 members (excludes halogenated alkanes) is 1. The van der Waals surface area contributed by atoms with Crippen LogP contribution in [0.1, 0.15) is 44.2 Å². The van der Waals surface area contributed by atoms with Crippen molar-refractivity contribution in [2.24, 2.45) is 11.5 Å². The van der Waals surface area contributed by atoms with Crippen molar-refractivity contribution < 1.29 is 9.53 Å². The average molecular weight is 329 g/mol. The fourth-order valence-corrected chi connectivity index (χ4v) is 2.54. The zero-order chi connectivity index (χ0) is 14.3. The predicted molar refractivity (Wildman–Crippen MR) is 79.9 cm³/mol. The molecule has 0 fully saturated rings. The van der Waals surface area contributed by atoms with Gasteiger partial charge in [-0.25, -0.2) is 0 Å². The summed E-state index contributed by atoms with van der Waals surface area (Å²) in [7, 11) is 0. The van der Waals surface area contributed by atoms with Crippen LogP contribution in [0.25, 0.3) is 0 Å². The topological polar surface area (TPSA) is 78.3 Å². The zero-order valence-corrected chi connectivity index (χ0v) is 12.8. The van der Waals surface area contributed by atoms with Crippen LogP contribution in [0, 0.1) is 0 Å². The molecule has 0 radical (unpaired) electrons. The van der Waals surface area contributed by atoms with E-state index in [0.29, 0.717) is 13.0 Å². The molecule has 0 aliphatic heterocycles. The second kappa shape index (κ2) is 8.17. The maximum Gasteiger partial charge on any atom is 0.217 e.